The smallest absolute Gasteiger partial charge is 0.223 e. The summed E-state index contributed by atoms with van der Waals surface area (Å²) in [6.07, 6.45) is 3.07. The molecule has 1 fully saturated rings. The van der Waals surface area contributed by atoms with Crippen LogP contribution in [0.2, 0.25) is 0 Å². The Hall–Kier alpha value is -1.35. The van der Waals surface area contributed by atoms with Crippen LogP contribution in [0.3, 0.4) is 0 Å². The number of carbonyl (C=O) groups is 1. The molecule has 0 radical (unpaired) electrons. The molecule has 20 heavy (non-hydrogen) atoms. The predicted molar refractivity (Wildman–Crippen MR) is 82.7 cm³/mol. The molecule has 3 heteroatoms. The number of likely N-dealkylation sites (tertiary alicyclic amines) is 1. The molecule has 1 aromatic rings. The Morgan fingerprint density at radius 2 is 2.25 bits per heavy atom. The fourth-order valence-electron chi connectivity index (χ4n) is 2.96. The van der Waals surface area contributed by atoms with Crippen molar-refractivity contribution < 1.29 is 4.79 Å². The zero-order chi connectivity index (χ0) is 14.5. The number of benzene rings is 1. The van der Waals surface area contributed by atoms with Crippen LogP contribution in [-0.2, 0) is 4.79 Å². The van der Waals surface area contributed by atoms with Gasteiger partial charge in [-0.05, 0) is 38.8 Å². The summed E-state index contributed by atoms with van der Waals surface area (Å²) in [7, 11) is 1.88. The van der Waals surface area contributed by atoms with Gasteiger partial charge in [-0.3, -0.25) is 9.69 Å². The second-order valence-corrected chi connectivity index (χ2v) is 5.77. The van der Waals surface area contributed by atoms with Crippen molar-refractivity contribution >= 4 is 5.91 Å². The minimum absolute atomic E-state index is 0.252. The molecule has 1 aliphatic heterocycles. The maximum Gasteiger partial charge on any atom is 0.223 e. The van der Waals surface area contributed by atoms with Crippen molar-refractivity contribution in [3.05, 3.63) is 35.4 Å². The number of hydrogen-bond acceptors (Lipinski definition) is 2. The molecule has 2 rings (SSSR count). The fraction of sp³-hybridized carbons (Fsp3) is 0.588. The third kappa shape index (κ3) is 3.60. The Labute approximate surface area is 122 Å². The Morgan fingerprint density at radius 1 is 1.45 bits per heavy atom. The van der Waals surface area contributed by atoms with Crippen molar-refractivity contribution in [2.75, 3.05) is 26.7 Å². The van der Waals surface area contributed by atoms with E-state index in [1.807, 2.05) is 14.0 Å². The molecular weight excluding hydrogens is 248 g/mol. The number of hydrogen-bond donors (Lipinski definition) is 0. The van der Waals surface area contributed by atoms with Gasteiger partial charge in [-0.1, -0.05) is 29.8 Å². The monoisotopic (exact) mass is 274 g/mol. The summed E-state index contributed by atoms with van der Waals surface area (Å²) in [5.74, 6) is 0.252. The van der Waals surface area contributed by atoms with Gasteiger partial charge in [0.2, 0.25) is 5.91 Å². The molecule has 1 aliphatic rings. The lowest BCUT2D eigenvalue weighted by Gasteiger charge is -2.25. The molecule has 1 saturated heterocycles. The third-order valence-electron chi connectivity index (χ3n) is 4.30. The van der Waals surface area contributed by atoms with Gasteiger partial charge in [0.15, 0.2) is 0 Å². The van der Waals surface area contributed by atoms with Gasteiger partial charge in [-0.2, -0.15) is 0 Å². The van der Waals surface area contributed by atoms with Crippen LogP contribution in [0.4, 0.5) is 0 Å². The second-order valence-electron chi connectivity index (χ2n) is 5.77. The first kappa shape index (κ1) is 15.0. The van der Waals surface area contributed by atoms with E-state index in [9.17, 15) is 4.79 Å². The highest BCUT2D eigenvalue weighted by molar-refractivity contribution is 5.75. The van der Waals surface area contributed by atoms with E-state index in [0.29, 0.717) is 12.5 Å². The highest BCUT2D eigenvalue weighted by Gasteiger charge is 2.26. The van der Waals surface area contributed by atoms with Gasteiger partial charge in [-0.15, -0.1) is 0 Å². The zero-order valence-electron chi connectivity index (χ0n) is 12.9. The summed E-state index contributed by atoms with van der Waals surface area (Å²) in [4.78, 5) is 16.2. The van der Waals surface area contributed by atoms with E-state index in [0.717, 1.165) is 19.6 Å². The maximum atomic E-state index is 11.9. The lowest BCUT2D eigenvalue weighted by molar-refractivity contribution is -0.130. The molecule has 1 heterocycles. The first-order valence-corrected chi connectivity index (χ1v) is 7.66. The van der Waals surface area contributed by atoms with Crippen LogP contribution >= 0.6 is 0 Å². The van der Waals surface area contributed by atoms with E-state index in [1.165, 1.54) is 24.0 Å². The number of aryl methyl sites for hydroxylation is 1. The van der Waals surface area contributed by atoms with Crippen LogP contribution in [0.1, 0.15) is 43.4 Å². The van der Waals surface area contributed by atoms with Crippen LogP contribution in [0.5, 0.6) is 0 Å². The van der Waals surface area contributed by atoms with Gasteiger partial charge in [0.05, 0.1) is 0 Å². The predicted octanol–water partition coefficient (Wildman–Crippen LogP) is 3.00. The Morgan fingerprint density at radius 3 is 2.95 bits per heavy atom. The minimum atomic E-state index is 0.252. The maximum absolute atomic E-state index is 11.9. The van der Waals surface area contributed by atoms with E-state index in [1.54, 1.807) is 4.90 Å². The van der Waals surface area contributed by atoms with Crippen molar-refractivity contribution in [1.82, 2.24) is 9.80 Å². The normalized spacial score (nSPS) is 19.2. The van der Waals surface area contributed by atoms with E-state index < -0.39 is 0 Å². The van der Waals surface area contributed by atoms with Crippen molar-refractivity contribution in [3.8, 4) is 0 Å². The lowest BCUT2D eigenvalue weighted by Crippen LogP contribution is -2.32. The number of rotatable bonds is 5. The second kappa shape index (κ2) is 6.89. The first-order valence-electron chi connectivity index (χ1n) is 7.66. The summed E-state index contributed by atoms with van der Waals surface area (Å²) in [5, 5.41) is 0. The van der Waals surface area contributed by atoms with Crippen molar-refractivity contribution in [2.45, 2.75) is 39.2 Å². The fourth-order valence-corrected chi connectivity index (χ4v) is 2.96. The number of carbonyl (C=O) groups excluding carboxylic acids is 1. The molecule has 0 spiro atoms. The Kier molecular flexibility index (Phi) is 5.18. The summed E-state index contributed by atoms with van der Waals surface area (Å²) in [6.45, 7) is 6.94. The van der Waals surface area contributed by atoms with Gasteiger partial charge in [0, 0.05) is 32.6 Å². The molecule has 0 aliphatic carbocycles. The standard InChI is InChI=1S/C17H26N2O/c1-4-18(3)17(20)10-12-19-11-6-9-16(19)15-8-5-7-14(2)13-15/h5,7-8,13,16H,4,6,9-12H2,1-3H3/t16-/m1/s1. The van der Waals surface area contributed by atoms with Gasteiger partial charge < -0.3 is 4.90 Å². The number of nitrogens with zero attached hydrogens (tertiary/aromatic N) is 2. The van der Waals surface area contributed by atoms with Crippen molar-refractivity contribution in [1.29, 1.82) is 0 Å². The van der Waals surface area contributed by atoms with Gasteiger partial charge in [0.25, 0.3) is 0 Å². The molecule has 1 amide bonds. The van der Waals surface area contributed by atoms with Gasteiger partial charge in [-0.25, -0.2) is 0 Å². The highest BCUT2D eigenvalue weighted by atomic mass is 16.2. The number of amides is 1. The van der Waals surface area contributed by atoms with Crippen molar-refractivity contribution in [2.24, 2.45) is 0 Å². The lowest BCUT2D eigenvalue weighted by atomic mass is 10.0. The van der Waals surface area contributed by atoms with Crippen LogP contribution in [0.15, 0.2) is 24.3 Å². The molecular formula is C17H26N2O. The first-order chi connectivity index (χ1) is 9.61. The molecule has 0 N–H and O–H groups in total. The van der Waals surface area contributed by atoms with Crippen LogP contribution < -0.4 is 0 Å². The molecule has 1 aromatic carbocycles. The van der Waals surface area contributed by atoms with Crippen LogP contribution in [0.25, 0.3) is 0 Å². The highest BCUT2D eigenvalue weighted by Crippen LogP contribution is 2.32. The minimum Gasteiger partial charge on any atom is -0.346 e. The summed E-state index contributed by atoms with van der Waals surface area (Å²) < 4.78 is 0. The largest absolute Gasteiger partial charge is 0.346 e. The molecule has 0 bridgehead atoms. The SMILES string of the molecule is CCN(C)C(=O)CCN1CCC[C@@H]1c1cccc(C)c1. The Balaban J connectivity index is 1.96. The van der Waals surface area contributed by atoms with Gasteiger partial charge >= 0.3 is 0 Å². The van der Waals surface area contributed by atoms with Crippen LogP contribution in [-0.4, -0.2) is 42.4 Å². The van der Waals surface area contributed by atoms with E-state index >= 15 is 0 Å². The Bertz CT molecular complexity index is 458. The molecule has 0 unspecified atom stereocenters. The van der Waals surface area contributed by atoms with Crippen LogP contribution in [0, 0.1) is 6.92 Å². The van der Waals surface area contributed by atoms with Crippen molar-refractivity contribution in [3.63, 3.8) is 0 Å². The molecule has 3 nitrogen and oxygen atoms in total. The average molecular weight is 274 g/mol. The third-order valence-corrected chi connectivity index (χ3v) is 4.30. The average Bonchev–Trinajstić information content (AvgIpc) is 2.92. The molecule has 1 atom stereocenters. The van der Waals surface area contributed by atoms with Gasteiger partial charge in [0.1, 0.15) is 0 Å². The van der Waals surface area contributed by atoms with E-state index in [2.05, 4.69) is 36.1 Å². The topological polar surface area (TPSA) is 23.6 Å². The molecule has 0 saturated carbocycles. The van der Waals surface area contributed by atoms with E-state index in [-0.39, 0.29) is 5.91 Å². The quantitative estimate of drug-likeness (QED) is 0.824. The summed E-state index contributed by atoms with van der Waals surface area (Å²) in [5.41, 5.74) is 2.72. The summed E-state index contributed by atoms with van der Waals surface area (Å²) in [6, 6.07) is 9.27. The zero-order valence-corrected chi connectivity index (χ0v) is 12.9. The van der Waals surface area contributed by atoms with E-state index in [4.69, 9.17) is 0 Å². The molecule has 0 aromatic heterocycles. The summed E-state index contributed by atoms with van der Waals surface area (Å²) >= 11 is 0. The molecule has 110 valence electrons.